The minimum Gasteiger partial charge on any atom is -0.493 e. The third-order valence-corrected chi connectivity index (χ3v) is 3.77. The van der Waals surface area contributed by atoms with Crippen LogP contribution in [-0.4, -0.2) is 12.4 Å². The van der Waals surface area contributed by atoms with Crippen LogP contribution in [0.25, 0.3) is 0 Å². The molecule has 0 aliphatic heterocycles. The molecule has 0 saturated heterocycles. The molecule has 0 amide bonds. The van der Waals surface area contributed by atoms with Crippen LogP contribution in [0, 0.1) is 0 Å². The molecule has 0 atom stereocenters. The highest BCUT2D eigenvalue weighted by molar-refractivity contribution is 7.98. The molecule has 0 fully saturated rings. The van der Waals surface area contributed by atoms with E-state index in [0.717, 1.165) is 41.6 Å². The summed E-state index contributed by atoms with van der Waals surface area (Å²) in [5.41, 5.74) is 6.72. The van der Waals surface area contributed by atoms with Gasteiger partial charge in [0.2, 0.25) is 0 Å². The molecule has 3 nitrogen and oxygen atoms in total. The van der Waals surface area contributed by atoms with Crippen LogP contribution in [0.15, 0.2) is 47.1 Å². The van der Waals surface area contributed by atoms with E-state index in [4.69, 9.17) is 14.9 Å². The number of hydrogen-bond acceptors (Lipinski definition) is 4. The van der Waals surface area contributed by atoms with Gasteiger partial charge in [0.05, 0.1) is 18.6 Å². The molecule has 0 unspecified atom stereocenters. The molecule has 0 spiro atoms. The van der Waals surface area contributed by atoms with Crippen molar-refractivity contribution >= 4 is 11.8 Å². The van der Waals surface area contributed by atoms with E-state index >= 15 is 0 Å². The average molecular weight is 277 g/mol. The van der Waals surface area contributed by atoms with Crippen molar-refractivity contribution in [3.8, 4) is 5.75 Å². The molecule has 4 heteroatoms. The number of nitrogens with two attached hydrogens (primary N) is 1. The van der Waals surface area contributed by atoms with Crippen molar-refractivity contribution < 1.29 is 9.15 Å². The maximum absolute atomic E-state index is 5.75. The van der Waals surface area contributed by atoms with Crippen molar-refractivity contribution in [3.05, 3.63) is 54.0 Å². The van der Waals surface area contributed by atoms with Gasteiger partial charge < -0.3 is 14.9 Å². The summed E-state index contributed by atoms with van der Waals surface area (Å²) in [4.78, 5) is 0. The van der Waals surface area contributed by atoms with E-state index in [-0.39, 0.29) is 0 Å². The summed E-state index contributed by atoms with van der Waals surface area (Å²) < 4.78 is 11.0. The van der Waals surface area contributed by atoms with Crippen molar-refractivity contribution in [3.63, 3.8) is 0 Å². The van der Waals surface area contributed by atoms with Crippen molar-refractivity contribution in [2.75, 3.05) is 12.4 Å². The molecule has 0 aliphatic rings. The van der Waals surface area contributed by atoms with E-state index in [9.17, 15) is 0 Å². The summed E-state index contributed by atoms with van der Waals surface area (Å²) in [5.74, 6) is 3.91. The molecule has 2 N–H and O–H groups in total. The Bertz CT molecular complexity index is 471. The quantitative estimate of drug-likeness (QED) is 0.751. The van der Waals surface area contributed by atoms with Gasteiger partial charge >= 0.3 is 0 Å². The van der Waals surface area contributed by atoms with Crippen molar-refractivity contribution in [2.45, 2.75) is 18.7 Å². The van der Waals surface area contributed by atoms with Gasteiger partial charge in [-0.15, -0.1) is 0 Å². The molecule has 0 saturated carbocycles. The number of ether oxygens (including phenoxy) is 1. The maximum atomic E-state index is 5.75. The largest absolute Gasteiger partial charge is 0.493 e. The monoisotopic (exact) mass is 277 g/mol. The van der Waals surface area contributed by atoms with Gasteiger partial charge in [-0.25, -0.2) is 0 Å². The molecule has 0 aliphatic carbocycles. The lowest BCUT2D eigenvalue weighted by Crippen LogP contribution is -2.04. The molecule has 19 heavy (non-hydrogen) atoms. The van der Waals surface area contributed by atoms with Crippen molar-refractivity contribution in [2.24, 2.45) is 5.73 Å². The Hall–Kier alpha value is -1.39. The zero-order valence-corrected chi connectivity index (χ0v) is 11.7. The second-order valence-electron chi connectivity index (χ2n) is 4.15. The minimum atomic E-state index is 0.517. The summed E-state index contributed by atoms with van der Waals surface area (Å²) in [6, 6.07) is 11.8. The molecule has 0 radical (unpaired) electrons. The van der Waals surface area contributed by atoms with Crippen LogP contribution in [0.5, 0.6) is 5.75 Å². The minimum absolute atomic E-state index is 0.517. The predicted octanol–water partition coefficient (Wildman–Crippen LogP) is 3.44. The van der Waals surface area contributed by atoms with Crippen LogP contribution in [0.4, 0.5) is 0 Å². The first kappa shape index (κ1) is 14.0. The van der Waals surface area contributed by atoms with Crippen LogP contribution >= 0.6 is 11.8 Å². The highest BCUT2D eigenvalue weighted by Crippen LogP contribution is 2.18. The third kappa shape index (κ3) is 4.65. The lowest BCUT2D eigenvalue weighted by atomic mass is 10.2. The van der Waals surface area contributed by atoms with Crippen LogP contribution in [0.1, 0.15) is 17.7 Å². The molecular formula is C15H19NO2S. The SMILES string of the molecule is NCc1ccccc1OCCCSCc1ccco1. The van der Waals surface area contributed by atoms with E-state index in [1.54, 1.807) is 6.26 Å². The summed E-state index contributed by atoms with van der Waals surface area (Å²) in [6.45, 7) is 1.24. The van der Waals surface area contributed by atoms with Gasteiger partial charge in [0.15, 0.2) is 0 Å². The number of furan rings is 1. The van der Waals surface area contributed by atoms with E-state index in [1.807, 2.05) is 48.2 Å². The Labute approximate surface area is 118 Å². The Morgan fingerprint density at radius 2 is 2.05 bits per heavy atom. The summed E-state index contributed by atoms with van der Waals surface area (Å²) in [7, 11) is 0. The second kappa shape index (κ2) is 7.92. The molecule has 1 aromatic carbocycles. The average Bonchev–Trinajstić information content (AvgIpc) is 2.96. The first-order chi connectivity index (χ1) is 9.40. The Kier molecular flexibility index (Phi) is 5.85. The number of rotatable bonds is 8. The van der Waals surface area contributed by atoms with Crippen molar-refractivity contribution in [1.29, 1.82) is 0 Å². The highest BCUT2D eigenvalue weighted by atomic mass is 32.2. The normalized spacial score (nSPS) is 10.6. The van der Waals surface area contributed by atoms with E-state index < -0.39 is 0 Å². The van der Waals surface area contributed by atoms with Crippen LogP contribution in [-0.2, 0) is 12.3 Å². The van der Waals surface area contributed by atoms with Gasteiger partial charge in [0.25, 0.3) is 0 Å². The molecule has 0 bridgehead atoms. The maximum Gasteiger partial charge on any atom is 0.123 e. The van der Waals surface area contributed by atoms with Gasteiger partial charge in [-0.3, -0.25) is 0 Å². The number of para-hydroxylation sites is 1. The lowest BCUT2D eigenvalue weighted by molar-refractivity contribution is 0.315. The lowest BCUT2D eigenvalue weighted by Gasteiger charge is -2.09. The highest BCUT2D eigenvalue weighted by Gasteiger charge is 2.01. The Balaban J connectivity index is 1.61. The standard InChI is InChI=1S/C15H19NO2S/c16-11-13-5-1-2-7-15(13)18-9-4-10-19-12-14-6-3-8-17-14/h1-3,5-8H,4,9-12,16H2. The summed E-state index contributed by atoms with van der Waals surface area (Å²) in [5, 5.41) is 0. The zero-order chi connectivity index (χ0) is 13.3. The second-order valence-corrected chi connectivity index (χ2v) is 5.25. The van der Waals surface area contributed by atoms with Gasteiger partial charge in [-0.2, -0.15) is 11.8 Å². The summed E-state index contributed by atoms with van der Waals surface area (Å²) >= 11 is 1.86. The Morgan fingerprint density at radius 3 is 2.84 bits per heavy atom. The fourth-order valence-electron chi connectivity index (χ4n) is 1.72. The third-order valence-electron chi connectivity index (χ3n) is 2.71. The van der Waals surface area contributed by atoms with E-state index in [0.29, 0.717) is 6.54 Å². The zero-order valence-electron chi connectivity index (χ0n) is 10.9. The fourth-order valence-corrected chi connectivity index (χ4v) is 2.56. The molecule has 2 rings (SSSR count). The van der Waals surface area contributed by atoms with Crippen molar-refractivity contribution in [1.82, 2.24) is 0 Å². The summed E-state index contributed by atoms with van der Waals surface area (Å²) in [6.07, 6.45) is 2.73. The smallest absolute Gasteiger partial charge is 0.123 e. The Morgan fingerprint density at radius 1 is 1.16 bits per heavy atom. The fraction of sp³-hybridized carbons (Fsp3) is 0.333. The van der Waals surface area contributed by atoms with E-state index in [2.05, 4.69) is 0 Å². The van der Waals surface area contributed by atoms with Gasteiger partial charge in [-0.1, -0.05) is 18.2 Å². The molecule has 2 aromatic rings. The van der Waals surface area contributed by atoms with Gasteiger partial charge in [-0.05, 0) is 30.4 Å². The molecular weight excluding hydrogens is 258 g/mol. The number of benzene rings is 1. The molecule has 102 valence electrons. The first-order valence-corrected chi connectivity index (χ1v) is 7.56. The topological polar surface area (TPSA) is 48.4 Å². The van der Waals surface area contributed by atoms with Gasteiger partial charge in [0.1, 0.15) is 11.5 Å². The predicted molar refractivity (Wildman–Crippen MR) is 79.3 cm³/mol. The molecule has 1 heterocycles. The van der Waals surface area contributed by atoms with E-state index in [1.165, 1.54) is 0 Å². The number of thioether (sulfide) groups is 1. The first-order valence-electron chi connectivity index (χ1n) is 6.41. The van der Waals surface area contributed by atoms with Crippen LogP contribution in [0.3, 0.4) is 0 Å². The molecule has 1 aromatic heterocycles. The van der Waals surface area contributed by atoms with Crippen LogP contribution < -0.4 is 10.5 Å². The van der Waals surface area contributed by atoms with Crippen LogP contribution in [0.2, 0.25) is 0 Å². The number of hydrogen-bond donors (Lipinski definition) is 1. The van der Waals surface area contributed by atoms with Gasteiger partial charge in [0, 0.05) is 12.1 Å².